The van der Waals surface area contributed by atoms with E-state index in [1.807, 2.05) is 32.9 Å². The first-order valence-corrected chi connectivity index (χ1v) is 7.09. The van der Waals surface area contributed by atoms with Crippen LogP contribution in [0.5, 0.6) is 11.6 Å². The molecule has 0 atom stereocenters. The van der Waals surface area contributed by atoms with Crippen LogP contribution in [-0.2, 0) is 0 Å². The first kappa shape index (κ1) is 17.7. The van der Waals surface area contributed by atoms with Crippen LogP contribution >= 0.6 is 0 Å². The van der Waals surface area contributed by atoms with Gasteiger partial charge in [0.2, 0.25) is 5.75 Å². The molecule has 120 valence electrons. The fourth-order valence-corrected chi connectivity index (χ4v) is 1.75. The standard InChI is InChI=1S/C14H16FN3O2.C2H6/c1-9-4-6-10(15)11(7-5-9)18-13-12(19-2)14(20-3)17-8-16-13;1-2/h4-5,7-8H,6H2,1-3H3,(H,16,17,18);1-2H3. The second-order valence-electron chi connectivity index (χ2n) is 4.19. The molecule has 0 saturated carbocycles. The molecule has 0 saturated heterocycles. The molecule has 0 bridgehead atoms. The summed E-state index contributed by atoms with van der Waals surface area (Å²) in [5.74, 6) is 0.710. The van der Waals surface area contributed by atoms with E-state index in [0.29, 0.717) is 17.3 Å². The highest BCUT2D eigenvalue weighted by Crippen LogP contribution is 2.32. The van der Waals surface area contributed by atoms with E-state index in [2.05, 4.69) is 15.3 Å². The van der Waals surface area contributed by atoms with Gasteiger partial charge in [-0.1, -0.05) is 31.6 Å². The molecule has 0 aliphatic heterocycles. The highest BCUT2D eigenvalue weighted by molar-refractivity contribution is 5.60. The van der Waals surface area contributed by atoms with E-state index in [9.17, 15) is 4.39 Å². The van der Waals surface area contributed by atoms with Gasteiger partial charge < -0.3 is 14.8 Å². The highest BCUT2D eigenvalue weighted by atomic mass is 19.1. The Morgan fingerprint density at radius 3 is 2.50 bits per heavy atom. The Morgan fingerprint density at radius 2 is 1.86 bits per heavy atom. The maximum atomic E-state index is 14.0. The van der Waals surface area contributed by atoms with Crippen molar-refractivity contribution in [3.05, 3.63) is 41.7 Å². The van der Waals surface area contributed by atoms with Crippen molar-refractivity contribution < 1.29 is 13.9 Å². The number of rotatable bonds is 4. The van der Waals surface area contributed by atoms with E-state index >= 15 is 0 Å². The number of anilines is 1. The minimum atomic E-state index is -0.266. The molecule has 1 aromatic rings. The third kappa shape index (κ3) is 4.31. The summed E-state index contributed by atoms with van der Waals surface area (Å²) in [5.41, 5.74) is 1.35. The van der Waals surface area contributed by atoms with Crippen molar-refractivity contribution in [3.8, 4) is 11.6 Å². The van der Waals surface area contributed by atoms with Crippen molar-refractivity contribution in [2.24, 2.45) is 0 Å². The number of hydrogen-bond acceptors (Lipinski definition) is 5. The molecule has 1 aliphatic carbocycles. The van der Waals surface area contributed by atoms with Crippen LogP contribution in [0.2, 0.25) is 0 Å². The van der Waals surface area contributed by atoms with Crippen molar-refractivity contribution in [2.45, 2.75) is 27.2 Å². The van der Waals surface area contributed by atoms with Gasteiger partial charge in [-0.3, -0.25) is 0 Å². The predicted octanol–water partition coefficient (Wildman–Crippen LogP) is 4.02. The van der Waals surface area contributed by atoms with E-state index in [1.54, 1.807) is 6.08 Å². The molecule has 0 fully saturated rings. The lowest BCUT2D eigenvalue weighted by Gasteiger charge is -2.12. The monoisotopic (exact) mass is 307 g/mol. The topological polar surface area (TPSA) is 56.3 Å². The van der Waals surface area contributed by atoms with Gasteiger partial charge in [-0.2, -0.15) is 4.98 Å². The van der Waals surface area contributed by atoms with Gasteiger partial charge in [0, 0.05) is 6.42 Å². The highest BCUT2D eigenvalue weighted by Gasteiger charge is 2.15. The van der Waals surface area contributed by atoms with Crippen molar-refractivity contribution in [2.75, 3.05) is 19.5 Å². The molecule has 6 heteroatoms. The minimum absolute atomic E-state index is 0.242. The zero-order valence-corrected chi connectivity index (χ0v) is 13.6. The van der Waals surface area contributed by atoms with Crippen LogP contribution in [0.1, 0.15) is 27.2 Å². The average molecular weight is 307 g/mol. The third-order valence-electron chi connectivity index (χ3n) is 2.83. The van der Waals surface area contributed by atoms with E-state index < -0.39 is 0 Å². The molecule has 22 heavy (non-hydrogen) atoms. The first-order valence-electron chi connectivity index (χ1n) is 7.09. The molecule has 2 rings (SSSR count). The lowest BCUT2D eigenvalue weighted by Crippen LogP contribution is -2.05. The Hall–Kier alpha value is -2.37. The van der Waals surface area contributed by atoms with Crippen LogP contribution in [0, 0.1) is 0 Å². The predicted molar refractivity (Wildman–Crippen MR) is 85.8 cm³/mol. The average Bonchev–Trinajstić information content (AvgIpc) is 2.72. The van der Waals surface area contributed by atoms with Gasteiger partial charge in [0.15, 0.2) is 5.82 Å². The van der Waals surface area contributed by atoms with Gasteiger partial charge in [-0.15, -0.1) is 0 Å². The van der Waals surface area contributed by atoms with E-state index in [1.165, 1.54) is 20.5 Å². The van der Waals surface area contributed by atoms with Crippen molar-refractivity contribution in [1.29, 1.82) is 0 Å². The van der Waals surface area contributed by atoms with Crippen LogP contribution < -0.4 is 14.8 Å². The Labute approximate surface area is 130 Å². The maximum absolute atomic E-state index is 14.0. The molecule has 1 heterocycles. The normalized spacial score (nSPS) is 13.6. The summed E-state index contributed by atoms with van der Waals surface area (Å²) in [5, 5.41) is 2.91. The molecular formula is C16H22FN3O2. The summed E-state index contributed by atoms with van der Waals surface area (Å²) in [6, 6.07) is 0. The van der Waals surface area contributed by atoms with Crippen molar-refractivity contribution >= 4 is 5.82 Å². The molecular weight excluding hydrogens is 285 g/mol. The van der Waals surface area contributed by atoms with Gasteiger partial charge in [0.05, 0.1) is 19.9 Å². The Morgan fingerprint density at radius 1 is 1.14 bits per heavy atom. The summed E-state index contributed by atoms with van der Waals surface area (Å²) >= 11 is 0. The zero-order chi connectivity index (χ0) is 16.5. The second-order valence-corrected chi connectivity index (χ2v) is 4.19. The van der Waals surface area contributed by atoms with Gasteiger partial charge in [-0.05, 0) is 13.0 Å². The summed E-state index contributed by atoms with van der Waals surface area (Å²) in [6.45, 7) is 5.92. The Kier molecular flexibility index (Phi) is 7.08. The van der Waals surface area contributed by atoms with E-state index in [0.717, 1.165) is 5.57 Å². The van der Waals surface area contributed by atoms with Crippen LogP contribution in [0.25, 0.3) is 0 Å². The number of nitrogens with one attached hydrogen (secondary N) is 1. The lowest BCUT2D eigenvalue weighted by atomic mass is 10.2. The molecule has 1 aliphatic rings. The molecule has 0 unspecified atom stereocenters. The Balaban J connectivity index is 0.00000116. The molecule has 1 N–H and O–H groups in total. The van der Waals surface area contributed by atoms with Crippen molar-refractivity contribution in [1.82, 2.24) is 9.97 Å². The number of nitrogens with zero attached hydrogens (tertiary/aromatic N) is 2. The summed E-state index contributed by atoms with van der Waals surface area (Å²) in [6.07, 6.45) is 6.89. The SMILES string of the molecule is CC.COc1ncnc(NC2=C(F)CC=C(C)C=C2)c1OC. The smallest absolute Gasteiger partial charge is 0.262 e. The summed E-state index contributed by atoms with van der Waals surface area (Å²) in [4.78, 5) is 7.99. The molecule has 0 spiro atoms. The first-order chi connectivity index (χ1) is 10.7. The summed E-state index contributed by atoms with van der Waals surface area (Å²) in [7, 11) is 2.96. The number of halogens is 1. The number of aromatic nitrogens is 2. The molecule has 0 radical (unpaired) electrons. The fourth-order valence-electron chi connectivity index (χ4n) is 1.75. The van der Waals surface area contributed by atoms with Gasteiger partial charge in [0.1, 0.15) is 12.2 Å². The maximum Gasteiger partial charge on any atom is 0.262 e. The van der Waals surface area contributed by atoms with Crippen LogP contribution in [0.15, 0.2) is 41.7 Å². The van der Waals surface area contributed by atoms with Gasteiger partial charge >= 0.3 is 0 Å². The van der Waals surface area contributed by atoms with Crippen molar-refractivity contribution in [3.63, 3.8) is 0 Å². The van der Waals surface area contributed by atoms with Gasteiger partial charge in [-0.25, -0.2) is 9.37 Å². The molecule has 5 nitrogen and oxygen atoms in total. The number of methoxy groups -OCH3 is 2. The van der Waals surface area contributed by atoms with Crippen LogP contribution in [0.3, 0.4) is 0 Å². The number of ether oxygens (including phenoxy) is 2. The van der Waals surface area contributed by atoms with Crippen LogP contribution in [-0.4, -0.2) is 24.2 Å². The second kappa shape index (κ2) is 8.81. The zero-order valence-electron chi connectivity index (χ0n) is 13.6. The Bertz CT molecular complexity index is 595. The molecule has 0 aromatic carbocycles. The van der Waals surface area contributed by atoms with Crippen LogP contribution in [0.4, 0.5) is 10.2 Å². The van der Waals surface area contributed by atoms with E-state index in [-0.39, 0.29) is 18.1 Å². The lowest BCUT2D eigenvalue weighted by molar-refractivity contribution is 0.342. The third-order valence-corrected chi connectivity index (χ3v) is 2.83. The number of allylic oxidation sites excluding steroid dienone is 5. The van der Waals surface area contributed by atoms with Gasteiger partial charge in [0.25, 0.3) is 5.88 Å². The summed E-state index contributed by atoms with van der Waals surface area (Å²) < 4.78 is 24.3. The molecule has 1 aromatic heterocycles. The molecule has 0 amide bonds. The fraction of sp³-hybridized carbons (Fsp3) is 0.375. The quantitative estimate of drug-likeness (QED) is 0.910. The van der Waals surface area contributed by atoms with E-state index in [4.69, 9.17) is 9.47 Å². The minimum Gasteiger partial charge on any atom is -0.489 e. The largest absolute Gasteiger partial charge is 0.489 e. The number of hydrogen-bond donors (Lipinski definition) is 1.